The lowest BCUT2D eigenvalue weighted by atomic mass is 10.2. The molecule has 5 heteroatoms. The molecule has 0 saturated carbocycles. The number of nitrogens with one attached hydrogen (secondary N) is 1. The minimum absolute atomic E-state index is 0.316. The summed E-state index contributed by atoms with van der Waals surface area (Å²) in [6.07, 6.45) is 1.92. The molecule has 0 aromatic carbocycles. The van der Waals surface area contributed by atoms with Crippen molar-refractivity contribution in [2.75, 3.05) is 6.54 Å². The third kappa shape index (κ3) is 2.73. The molecule has 0 unspecified atom stereocenters. The number of nitrogens with zero attached hydrogens (tertiary/aromatic N) is 3. The molecule has 2 aromatic heterocycles. The van der Waals surface area contributed by atoms with Gasteiger partial charge < -0.3 is 14.6 Å². The minimum Gasteiger partial charge on any atom is -0.369 e. The van der Waals surface area contributed by atoms with Gasteiger partial charge in [0.1, 0.15) is 5.82 Å². The van der Waals surface area contributed by atoms with Gasteiger partial charge in [-0.2, -0.15) is 0 Å². The van der Waals surface area contributed by atoms with E-state index in [1.54, 1.807) is 0 Å². The van der Waals surface area contributed by atoms with Crippen molar-refractivity contribution < 1.29 is 4.74 Å². The maximum atomic E-state index is 5.78. The Bertz CT molecular complexity index is 593. The molecule has 0 saturated heterocycles. The van der Waals surface area contributed by atoms with E-state index in [-0.39, 0.29) is 0 Å². The molecule has 0 amide bonds. The molecule has 1 atom stereocenters. The summed E-state index contributed by atoms with van der Waals surface area (Å²) >= 11 is 0. The molecular formula is C15H20N4O. The first-order valence-corrected chi connectivity index (χ1v) is 7.02. The van der Waals surface area contributed by atoms with E-state index in [1.165, 1.54) is 0 Å². The molecule has 0 fully saturated rings. The van der Waals surface area contributed by atoms with Crippen LogP contribution in [0.2, 0.25) is 0 Å². The van der Waals surface area contributed by atoms with Gasteiger partial charge in [-0.3, -0.25) is 4.98 Å². The summed E-state index contributed by atoms with van der Waals surface area (Å²) in [6.45, 7) is 7.19. The smallest absolute Gasteiger partial charge is 0.125 e. The van der Waals surface area contributed by atoms with Crippen LogP contribution in [0.1, 0.15) is 35.9 Å². The number of aryl methyl sites for hydroxylation is 1. The van der Waals surface area contributed by atoms with Gasteiger partial charge >= 0.3 is 0 Å². The average Bonchev–Trinajstić information content (AvgIpc) is 2.84. The maximum Gasteiger partial charge on any atom is 0.125 e. The quantitative estimate of drug-likeness (QED) is 0.924. The first-order chi connectivity index (χ1) is 9.74. The summed E-state index contributed by atoms with van der Waals surface area (Å²) in [4.78, 5) is 8.92. The van der Waals surface area contributed by atoms with Crippen LogP contribution in [0.4, 0.5) is 0 Å². The molecule has 0 aliphatic carbocycles. The minimum atomic E-state index is 0.316. The van der Waals surface area contributed by atoms with Crippen molar-refractivity contribution in [1.82, 2.24) is 19.9 Å². The van der Waals surface area contributed by atoms with E-state index in [0.717, 1.165) is 36.0 Å². The number of hydrogen-bond donors (Lipinski definition) is 1. The van der Waals surface area contributed by atoms with E-state index < -0.39 is 0 Å². The maximum absolute atomic E-state index is 5.78. The monoisotopic (exact) mass is 272 g/mol. The Kier molecular flexibility index (Phi) is 3.80. The molecule has 1 aliphatic heterocycles. The van der Waals surface area contributed by atoms with Crippen LogP contribution in [0.3, 0.4) is 0 Å². The van der Waals surface area contributed by atoms with Gasteiger partial charge in [-0.25, -0.2) is 4.98 Å². The summed E-state index contributed by atoms with van der Waals surface area (Å²) in [6, 6.07) is 6.31. The molecule has 0 bridgehead atoms. The van der Waals surface area contributed by atoms with Crippen LogP contribution < -0.4 is 5.32 Å². The highest BCUT2D eigenvalue weighted by atomic mass is 16.5. The van der Waals surface area contributed by atoms with E-state index in [0.29, 0.717) is 19.3 Å². The number of ether oxygens (including phenoxy) is 1. The molecule has 0 spiro atoms. The Morgan fingerprint density at radius 1 is 1.40 bits per heavy atom. The van der Waals surface area contributed by atoms with Crippen molar-refractivity contribution in [3.05, 3.63) is 47.3 Å². The first kappa shape index (κ1) is 13.3. The van der Waals surface area contributed by atoms with Crippen LogP contribution in [0.15, 0.2) is 24.4 Å². The molecule has 106 valence electrons. The molecule has 2 aromatic rings. The molecule has 3 rings (SSSR count). The van der Waals surface area contributed by atoms with Crippen LogP contribution in [-0.2, 0) is 24.5 Å². The van der Waals surface area contributed by atoms with Crippen molar-refractivity contribution >= 4 is 0 Å². The van der Waals surface area contributed by atoms with Crippen LogP contribution in [0.5, 0.6) is 0 Å². The number of imidazole rings is 1. The van der Waals surface area contributed by atoms with Gasteiger partial charge in [-0.1, -0.05) is 6.07 Å². The van der Waals surface area contributed by atoms with Crippen LogP contribution >= 0.6 is 0 Å². The number of rotatable bonds is 4. The van der Waals surface area contributed by atoms with Crippen molar-refractivity contribution in [3.63, 3.8) is 0 Å². The van der Waals surface area contributed by atoms with Crippen molar-refractivity contribution in [2.45, 2.75) is 39.6 Å². The Labute approximate surface area is 119 Å². The average molecular weight is 272 g/mol. The van der Waals surface area contributed by atoms with Crippen molar-refractivity contribution in [2.24, 2.45) is 0 Å². The third-order valence-corrected chi connectivity index (χ3v) is 3.59. The molecule has 20 heavy (non-hydrogen) atoms. The number of hydrogen-bond acceptors (Lipinski definition) is 4. The fourth-order valence-electron chi connectivity index (χ4n) is 2.57. The van der Waals surface area contributed by atoms with Crippen molar-refractivity contribution in [1.29, 1.82) is 0 Å². The second-order valence-electron chi connectivity index (χ2n) is 5.20. The zero-order valence-electron chi connectivity index (χ0n) is 12.0. The van der Waals surface area contributed by atoms with Crippen LogP contribution in [0.25, 0.3) is 0 Å². The van der Waals surface area contributed by atoms with Gasteiger partial charge in [-0.15, -0.1) is 0 Å². The van der Waals surface area contributed by atoms with Gasteiger partial charge in [0.25, 0.3) is 0 Å². The molecule has 1 N–H and O–H groups in total. The Morgan fingerprint density at radius 3 is 3.15 bits per heavy atom. The van der Waals surface area contributed by atoms with Crippen molar-refractivity contribution in [3.8, 4) is 0 Å². The second-order valence-corrected chi connectivity index (χ2v) is 5.20. The summed E-state index contributed by atoms with van der Waals surface area (Å²) in [5.74, 6) is 1.10. The summed E-state index contributed by atoms with van der Waals surface area (Å²) in [5.41, 5.74) is 3.13. The van der Waals surface area contributed by atoms with E-state index in [2.05, 4.69) is 26.8 Å². The summed E-state index contributed by atoms with van der Waals surface area (Å²) < 4.78 is 8.03. The largest absolute Gasteiger partial charge is 0.369 e. The fourth-order valence-corrected chi connectivity index (χ4v) is 2.57. The molecule has 1 aliphatic rings. The molecule has 0 radical (unpaired) electrons. The van der Waals surface area contributed by atoms with Crippen LogP contribution in [-0.4, -0.2) is 21.1 Å². The lowest BCUT2D eigenvalue weighted by Crippen LogP contribution is -2.32. The Balaban J connectivity index is 1.62. The summed E-state index contributed by atoms with van der Waals surface area (Å²) in [7, 11) is 0. The van der Waals surface area contributed by atoms with E-state index >= 15 is 0 Å². The summed E-state index contributed by atoms with van der Waals surface area (Å²) in [5, 5.41) is 3.41. The van der Waals surface area contributed by atoms with E-state index in [4.69, 9.17) is 4.74 Å². The van der Waals surface area contributed by atoms with Gasteiger partial charge in [0, 0.05) is 18.8 Å². The van der Waals surface area contributed by atoms with Gasteiger partial charge in [0.15, 0.2) is 0 Å². The number of aromatic nitrogens is 3. The Morgan fingerprint density at radius 2 is 2.30 bits per heavy atom. The first-order valence-electron chi connectivity index (χ1n) is 7.02. The van der Waals surface area contributed by atoms with Gasteiger partial charge in [-0.05, 0) is 26.0 Å². The fraction of sp³-hybridized carbons (Fsp3) is 0.467. The number of pyridine rings is 1. The van der Waals surface area contributed by atoms with E-state index in [9.17, 15) is 0 Å². The molecule has 3 heterocycles. The van der Waals surface area contributed by atoms with E-state index in [1.807, 2.05) is 31.3 Å². The highest BCUT2D eigenvalue weighted by molar-refractivity contribution is 5.11. The number of fused-ring (bicyclic) bond motifs is 1. The second kappa shape index (κ2) is 5.73. The Hall–Kier alpha value is -1.72. The normalized spacial score (nSPS) is 18.0. The molecule has 5 nitrogen and oxygen atoms in total. The zero-order valence-corrected chi connectivity index (χ0v) is 12.0. The third-order valence-electron chi connectivity index (χ3n) is 3.59. The van der Waals surface area contributed by atoms with Crippen LogP contribution in [0, 0.1) is 6.92 Å². The predicted octanol–water partition coefficient (Wildman–Crippen LogP) is 1.97. The highest BCUT2D eigenvalue weighted by Gasteiger charge is 2.19. The lowest BCUT2D eigenvalue weighted by molar-refractivity contribution is 0.0988. The van der Waals surface area contributed by atoms with Gasteiger partial charge in [0.2, 0.25) is 0 Å². The lowest BCUT2D eigenvalue weighted by Gasteiger charge is -2.23. The standard InChI is InChI=1S/C15H20N4O/c1-11-4-3-5-13(18-11)9-20-10-14-8-17-15-12(2)16-6-7-19(14)15/h3-5,8,12,16H,6-7,9-10H2,1-2H3/t12-/m0/s1. The SMILES string of the molecule is Cc1cccc(COCc2cnc3n2CCN[C@H]3C)n1. The predicted molar refractivity (Wildman–Crippen MR) is 76.1 cm³/mol. The molecular weight excluding hydrogens is 252 g/mol. The highest BCUT2D eigenvalue weighted by Crippen LogP contribution is 2.18. The zero-order chi connectivity index (χ0) is 13.9. The topological polar surface area (TPSA) is 52.0 Å². The van der Waals surface area contributed by atoms with Gasteiger partial charge in [0.05, 0.1) is 36.8 Å².